The van der Waals surface area contributed by atoms with Crippen LogP contribution >= 0.6 is 0 Å². The van der Waals surface area contributed by atoms with Crippen molar-refractivity contribution in [2.24, 2.45) is 17.8 Å². The van der Waals surface area contributed by atoms with E-state index in [1.54, 1.807) is 0 Å². The Hall–Kier alpha value is 0.511. The van der Waals surface area contributed by atoms with Gasteiger partial charge < -0.3 is 17.7 Å². The van der Waals surface area contributed by atoms with Crippen LogP contribution in [0, 0.1) is 24.7 Å². The summed E-state index contributed by atoms with van der Waals surface area (Å²) in [6, 6.07) is 4.11. The van der Waals surface area contributed by atoms with Gasteiger partial charge in [0.05, 0.1) is 6.61 Å². The van der Waals surface area contributed by atoms with Crippen molar-refractivity contribution in [2.75, 3.05) is 6.61 Å². The third-order valence-electron chi connectivity index (χ3n) is 4.94. The number of ether oxygens (including phenoxy) is 1. The predicted molar refractivity (Wildman–Crippen MR) is 74.3 cm³/mol. The Morgan fingerprint density at radius 1 is 1.19 bits per heavy atom. The Morgan fingerprint density at radius 3 is 2.48 bits per heavy atom. The van der Waals surface area contributed by atoms with Gasteiger partial charge in [0.1, 0.15) is 5.75 Å². The van der Waals surface area contributed by atoms with E-state index in [1.165, 1.54) is 44.7 Å². The zero-order chi connectivity index (χ0) is 14.3. The molecule has 0 aliphatic heterocycles. The van der Waals surface area contributed by atoms with Gasteiger partial charge in [-0.3, -0.25) is 0 Å². The van der Waals surface area contributed by atoms with Crippen molar-refractivity contribution in [1.29, 1.82) is 0 Å². The minimum absolute atomic E-state index is 0. The third-order valence-corrected chi connectivity index (χ3v) is 4.94. The Kier molecular flexibility index (Phi) is 5.91. The summed E-state index contributed by atoms with van der Waals surface area (Å²) in [5.41, 5.74) is -0.264. The van der Waals surface area contributed by atoms with Crippen molar-refractivity contribution in [3.63, 3.8) is 0 Å². The number of halogens is 3. The van der Waals surface area contributed by atoms with E-state index in [0.29, 0.717) is 18.3 Å². The van der Waals surface area contributed by atoms with E-state index >= 15 is 0 Å². The molecule has 2 fully saturated rings. The minimum Gasteiger partial charge on any atom is -0.493 e. The third kappa shape index (κ3) is 4.08. The Morgan fingerprint density at radius 2 is 1.95 bits per heavy atom. The molecule has 110 valence electrons. The summed E-state index contributed by atoms with van der Waals surface area (Å²) < 4.78 is 43.9. The molecule has 2 saturated carbocycles. The molecule has 6 heteroatoms. The summed E-state index contributed by atoms with van der Waals surface area (Å²) in [4.78, 5) is 0. The van der Waals surface area contributed by atoms with Gasteiger partial charge in [-0.2, -0.15) is 0 Å². The van der Waals surface area contributed by atoms with Gasteiger partial charge in [-0.15, -0.1) is 5.46 Å². The standard InChI is InChI=1S/C15H19BF3O.K/c1-10-6-14(4-5-15(10)16(17,18)19)20-9-13-8-11-2-3-12(13)7-11;/h4-6,11-13H,2-3,7-9H2,1H3;/q-1;+1. The number of fused-ring (bicyclic) bond motifs is 2. The molecule has 1 aromatic rings. The van der Waals surface area contributed by atoms with Crippen LogP contribution in [0.4, 0.5) is 12.9 Å². The van der Waals surface area contributed by atoms with Gasteiger partial charge in [-0.1, -0.05) is 18.1 Å². The van der Waals surface area contributed by atoms with E-state index in [9.17, 15) is 12.9 Å². The Balaban J connectivity index is 0.00000161. The molecule has 1 aromatic carbocycles. The molecule has 1 nitrogen and oxygen atoms in total. The van der Waals surface area contributed by atoms with Crippen LogP contribution in [0.15, 0.2) is 18.2 Å². The molecule has 0 spiro atoms. The Labute approximate surface area is 166 Å². The second-order valence-electron chi connectivity index (χ2n) is 6.34. The fraction of sp³-hybridized carbons (Fsp3) is 0.600. The number of aryl methyl sites for hydroxylation is 1. The van der Waals surface area contributed by atoms with Gasteiger partial charge in [0, 0.05) is 0 Å². The first-order valence-corrected chi connectivity index (χ1v) is 7.37. The van der Waals surface area contributed by atoms with Crippen LogP contribution in [0.2, 0.25) is 0 Å². The van der Waals surface area contributed by atoms with Crippen molar-refractivity contribution in [2.45, 2.75) is 32.6 Å². The summed E-state index contributed by atoms with van der Waals surface area (Å²) in [7, 11) is 0. The van der Waals surface area contributed by atoms with E-state index in [1.807, 2.05) is 0 Å². The molecule has 3 unspecified atom stereocenters. The zero-order valence-corrected chi connectivity index (χ0v) is 15.7. The van der Waals surface area contributed by atoms with Crippen LogP contribution in [0.25, 0.3) is 0 Å². The number of benzene rings is 1. The number of hydrogen-bond donors (Lipinski definition) is 0. The number of hydrogen-bond acceptors (Lipinski definition) is 1. The first-order valence-electron chi connectivity index (χ1n) is 7.37. The van der Waals surface area contributed by atoms with Crippen LogP contribution in [-0.2, 0) is 0 Å². The molecule has 0 radical (unpaired) electrons. The van der Waals surface area contributed by atoms with Crippen LogP contribution in [-0.4, -0.2) is 13.6 Å². The van der Waals surface area contributed by atoms with Gasteiger partial charge in [0.25, 0.3) is 0 Å². The topological polar surface area (TPSA) is 9.23 Å². The minimum atomic E-state index is -4.93. The molecule has 0 amide bonds. The van der Waals surface area contributed by atoms with Crippen LogP contribution in [0.5, 0.6) is 5.75 Å². The molecule has 21 heavy (non-hydrogen) atoms. The summed E-state index contributed by atoms with van der Waals surface area (Å²) in [6.45, 7) is -2.78. The molecule has 3 rings (SSSR count). The molecule has 0 N–H and O–H groups in total. The predicted octanol–water partition coefficient (Wildman–Crippen LogP) is 0.868. The molecule has 2 aliphatic carbocycles. The van der Waals surface area contributed by atoms with Gasteiger partial charge in [0.2, 0.25) is 0 Å². The summed E-state index contributed by atoms with van der Waals surface area (Å²) >= 11 is 0. The van der Waals surface area contributed by atoms with Crippen LogP contribution in [0.3, 0.4) is 0 Å². The quantitative estimate of drug-likeness (QED) is 0.748. The second-order valence-corrected chi connectivity index (χ2v) is 6.34. The maximum Gasteiger partial charge on any atom is 1.00 e. The average Bonchev–Trinajstić information content (AvgIpc) is 2.96. The summed E-state index contributed by atoms with van der Waals surface area (Å²) in [6.07, 6.45) is 5.20. The zero-order valence-electron chi connectivity index (χ0n) is 12.6. The van der Waals surface area contributed by atoms with Gasteiger partial charge in [0.15, 0.2) is 0 Å². The van der Waals surface area contributed by atoms with Crippen molar-refractivity contribution in [1.82, 2.24) is 0 Å². The Bertz CT molecular complexity index is 506. The van der Waals surface area contributed by atoms with Crippen LogP contribution < -0.4 is 61.6 Å². The molecule has 2 bridgehead atoms. The summed E-state index contributed by atoms with van der Waals surface area (Å²) in [5.74, 6) is 2.80. The van der Waals surface area contributed by atoms with E-state index < -0.39 is 12.4 Å². The SMILES string of the molecule is Cc1cc(OCC2CC3CCC2C3)ccc1[B-](F)(F)F.[K+]. The van der Waals surface area contributed by atoms with Crippen molar-refractivity contribution in [3.05, 3.63) is 23.8 Å². The average molecular weight is 322 g/mol. The monoisotopic (exact) mass is 322 g/mol. The van der Waals surface area contributed by atoms with Crippen LogP contribution in [0.1, 0.15) is 31.2 Å². The van der Waals surface area contributed by atoms with Gasteiger partial charge >= 0.3 is 58.4 Å². The first-order chi connectivity index (χ1) is 9.43. The van der Waals surface area contributed by atoms with Crippen molar-refractivity contribution < 1.29 is 69.1 Å². The number of rotatable bonds is 4. The molecule has 0 aromatic heterocycles. The van der Waals surface area contributed by atoms with E-state index in [0.717, 1.165) is 17.9 Å². The first kappa shape index (κ1) is 17.9. The normalized spacial score (nSPS) is 27.5. The molecule has 0 saturated heterocycles. The molecule has 2 aliphatic rings. The molecular formula is C15H19BF3KO. The summed E-state index contributed by atoms with van der Waals surface area (Å²) in [5, 5.41) is 0. The van der Waals surface area contributed by atoms with Crippen molar-refractivity contribution >= 4 is 12.4 Å². The fourth-order valence-electron chi connectivity index (χ4n) is 3.89. The second kappa shape index (κ2) is 6.95. The molecule has 3 atom stereocenters. The van der Waals surface area contributed by atoms with Gasteiger partial charge in [-0.25, -0.2) is 0 Å². The largest absolute Gasteiger partial charge is 1.00 e. The van der Waals surface area contributed by atoms with Gasteiger partial charge in [-0.05, 0) is 56.1 Å². The molecule has 0 heterocycles. The fourth-order valence-corrected chi connectivity index (χ4v) is 3.89. The maximum atomic E-state index is 12.7. The maximum absolute atomic E-state index is 12.7. The smallest absolute Gasteiger partial charge is 0.493 e. The molecular weight excluding hydrogens is 303 g/mol. The van der Waals surface area contributed by atoms with E-state index in [4.69, 9.17) is 4.74 Å². The van der Waals surface area contributed by atoms with Crippen molar-refractivity contribution in [3.8, 4) is 5.75 Å². The van der Waals surface area contributed by atoms with E-state index in [-0.39, 0.29) is 56.9 Å². The van der Waals surface area contributed by atoms with E-state index in [2.05, 4.69) is 0 Å².